The molecule has 0 atom stereocenters. The maximum absolute atomic E-state index is 14.2. The van der Waals surface area contributed by atoms with Gasteiger partial charge in [0, 0.05) is 36.9 Å². The number of carbonyl (C=O) groups excluding carboxylic acids is 1. The van der Waals surface area contributed by atoms with Crippen LogP contribution in [0.2, 0.25) is 0 Å². The lowest BCUT2D eigenvalue weighted by atomic mass is 10.3. The van der Waals surface area contributed by atoms with Gasteiger partial charge in [0.05, 0.1) is 23.8 Å². The van der Waals surface area contributed by atoms with Crippen molar-refractivity contribution in [2.45, 2.75) is 0 Å². The van der Waals surface area contributed by atoms with E-state index in [9.17, 15) is 9.18 Å². The van der Waals surface area contributed by atoms with E-state index >= 15 is 0 Å². The Bertz CT molecular complexity index is 1320. The molecule has 0 unspecified atom stereocenters. The molecule has 2 aromatic carbocycles. The summed E-state index contributed by atoms with van der Waals surface area (Å²) in [5.41, 5.74) is 2.20. The summed E-state index contributed by atoms with van der Waals surface area (Å²) in [5, 5.41) is 5.65. The van der Waals surface area contributed by atoms with Gasteiger partial charge in [0.15, 0.2) is 11.6 Å². The van der Waals surface area contributed by atoms with Crippen LogP contribution in [0, 0.1) is 5.82 Å². The first-order chi connectivity index (χ1) is 15.4. The van der Waals surface area contributed by atoms with Crippen molar-refractivity contribution in [3.63, 3.8) is 0 Å². The fraction of sp³-hybridized carbons (Fsp3) is 0.136. The normalized spacial score (nSPS) is 10.8. The average molecular weight is 500 g/mol. The monoisotopic (exact) mass is 499 g/mol. The number of carbonyl (C=O) groups is 1. The molecule has 0 aliphatic rings. The van der Waals surface area contributed by atoms with Crippen molar-refractivity contribution in [2.24, 2.45) is 7.05 Å². The van der Waals surface area contributed by atoms with E-state index in [1.807, 2.05) is 17.7 Å². The minimum atomic E-state index is -0.493. The minimum Gasteiger partial charge on any atom is -0.492 e. The number of fused-ring (bicyclic) bond motifs is 1. The van der Waals surface area contributed by atoms with Crippen molar-refractivity contribution in [2.75, 3.05) is 19.5 Å². The topological polar surface area (TPSA) is 90.3 Å². The van der Waals surface area contributed by atoms with Gasteiger partial charge in [0.2, 0.25) is 5.95 Å². The van der Waals surface area contributed by atoms with Crippen LogP contribution >= 0.6 is 15.9 Å². The molecule has 0 bridgehead atoms. The van der Waals surface area contributed by atoms with Crippen molar-refractivity contribution in [1.29, 1.82) is 0 Å². The maximum Gasteiger partial charge on any atom is 0.269 e. The predicted octanol–water partition coefficient (Wildman–Crippen LogP) is 4.77. The van der Waals surface area contributed by atoms with Crippen LogP contribution in [-0.4, -0.2) is 34.6 Å². The van der Waals surface area contributed by atoms with Crippen LogP contribution in [0.25, 0.3) is 11.0 Å². The van der Waals surface area contributed by atoms with Crippen molar-refractivity contribution in [3.8, 4) is 17.2 Å². The molecule has 0 fully saturated rings. The number of halogens is 2. The maximum atomic E-state index is 14.2. The molecule has 2 N–H and O–H groups in total. The van der Waals surface area contributed by atoms with Gasteiger partial charge in [-0.3, -0.25) is 9.78 Å². The lowest BCUT2D eigenvalue weighted by Crippen LogP contribution is -2.18. The molecule has 4 aromatic rings. The van der Waals surface area contributed by atoms with Crippen LogP contribution in [-0.2, 0) is 7.05 Å². The van der Waals surface area contributed by atoms with Crippen molar-refractivity contribution in [3.05, 3.63) is 64.6 Å². The van der Waals surface area contributed by atoms with Crippen molar-refractivity contribution < 1.29 is 18.7 Å². The SMILES string of the molecule is CNC(=O)c1cc(Oc2ccc3c(c2)nc(Nc2cc(Br)cc(F)c2OC)n3C)ccn1. The van der Waals surface area contributed by atoms with Gasteiger partial charge in [-0.25, -0.2) is 9.37 Å². The highest BCUT2D eigenvalue weighted by Gasteiger charge is 2.15. The fourth-order valence-electron chi connectivity index (χ4n) is 3.20. The van der Waals surface area contributed by atoms with Crippen LogP contribution in [0.1, 0.15) is 10.5 Å². The van der Waals surface area contributed by atoms with Gasteiger partial charge < -0.3 is 24.7 Å². The van der Waals surface area contributed by atoms with Gasteiger partial charge in [-0.05, 0) is 30.3 Å². The number of pyridine rings is 1. The molecule has 8 nitrogen and oxygen atoms in total. The Morgan fingerprint density at radius 3 is 2.69 bits per heavy atom. The Labute approximate surface area is 191 Å². The largest absolute Gasteiger partial charge is 0.492 e. The summed E-state index contributed by atoms with van der Waals surface area (Å²) in [6, 6.07) is 11.7. The summed E-state index contributed by atoms with van der Waals surface area (Å²) in [6.07, 6.45) is 1.51. The molecule has 10 heteroatoms. The Morgan fingerprint density at radius 1 is 1.16 bits per heavy atom. The zero-order valence-electron chi connectivity index (χ0n) is 17.4. The third-order valence-electron chi connectivity index (χ3n) is 4.74. The molecule has 32 heavy (non-hydrogen) atoms. The highest BCUT2D eigenvalue weighted by Crippen LogP contribution is 2.34. The zero-order valence-corrected chi connectivity index (χ0v) is 19.0. The number of hydrogen-bond acceptors (Lipinski definition) is 6. The van der Waals surface area contributed by atoms with Crippen LogP contribution in [0.15, 0.2) is 53.1 Å². The third kappa shape index (κ3) is 4.22. The lowest BCUT2D eigenvalue weighted by molar-refractivity contribution is 0.0958. The number of aryl methyl sites for hydroxylation is 1. The molecule has 0 radical (unpaired) electrons. The van der Waals surface area contributed by atoms with E-state index in [-0.39, 0.29) is 17.4 Å². The first kappa shape index (κ1) is 21.6. The second-order valence-corrected chi connectivity index (χ2v) is 7.71. The van der Waals surface area contributed by atoms with Gasteiger partial charge in [0.1, 0.15) is 17.2 Å². The summed E-state index contributed by atoms with van der Waals surface area (Å²) in [4.78, 5) is 20.4. The first-order valence-electron chi connectivity index (χ1n) is 9.52. The molecule has 2 aromatic heterocycles. The number of aromatic nitrogens is 3. The summed E-state index contributed by atoms with van der Waals surface area (Å²) < 4.78 is 27.7. The number of nitrogens with zero attached hydrogens (tertiary/aromatic N) is 3. The van der Waals surface area contributed by atoms with Gasteiger partial charge in [-0.15, -0.1) is 0 Å². The van der Waals surface area contributed by atoms with Gasteiger partial charge in [0.25, 0.3) is 5.91 Å². The van der Waals surface area contributed by atoms with Crippen LogP contribution in [0.3, 0.4) is 0 Å². The highest BCUT2D eigenvalue weighted by molar-refractivity contribution is 9.10. The van der Waals surface area contributed by atoms with E-state index < -0.39 is 5.82 Å². The van der Waals surface area contributed by atoms with Crippen molar-refractivity contribution >= 4 is 44.5 Å². The number of imidazole rings is 1. The van der Waals surface area contributed by atoms with Crippen LogP contribution in [0.4, 0.5) is 16.0 Å². The standard InChI is InChI=1S/C22H19BrFN5O3/c1-25-21(30)18-11-14(6-7-26-18)32-13-4-5-19-16(10-13)27-22(29(19)2)28-17-9-12(23)8-15(24)20(17)31-3/h4-11H,1-3H3,(H,25,30)(H,27,28). The lowest BCUT2D eigenvalue weighted by Gasteiger charge is -2.12. The highest BCUT2D eigenvalue weighted by atomic mass is 79.9. The second-order valence-electron chi connectivity index (χ2n) is 6.80. The fourth-order valence-corrected chi connectivity index (χ4v) is 3.63. The molecular weight excluding hydrogens is 481 g/mol. The molecule has 164 valence electrons. The molecular formula is C22H19BrFN5O3. The number of ether oxygens (including phenoxy) is 2. The Morgan fingerprint density at radius 2 is 1.94 bits per heavy atom. The molecule has 0 spiro atoms. The smallest absolute Gasteiger partial charge is 0.269 e. The number of nitrogens with one attached hydrogen (secondary N) is 2. The van der Waals surface area contributed by atoms with E-state index in [0.29, 0.717) is 33.1 Å². The van der Waals surface area contributed by atoms with Gasteiger partial charge in [-0.2, -0.15) is 0 Å². The predicted molar refractivity (Wildman–Crippen MR) is 122 cm³/mol. The molecule has 0 aliphatic heterocycles. The summed E-state index contributed by atoms with van der Waals surface area (Å²) >= 11 is 3.29. The van der Waals surface area contributed by atoms with Crippen LogP contribution < -0.4 is 20.1 Å². The summed E-state index contributed by atoms with van der Waals surface area (Å²) in [5.74, 6) is 0.814. The van der Waals surface area contributed by atoms with Gasteiger partial charge in [-0.1, -0.05) is 15.9 Å². The Balaban J connectivity index is 1.64. The van der Waals surface area contributed by atoms with E-state index in [4.69, 9.17) is 9.47 Å². The molecule has 4 rings (SSSR count). The number of amides is 1. The van der Waals surface area contributed by atoms with E-state index in [0.717, 1.165) is 5.52 Å². The number of hydrogen-bond donors (Lipinski definition) is 2. The molecule has 0 saturated heterocycles. The number of rotatable bonds is 6. The van der Waals surface area contributed by atoms with E-state index in [1.54, 1.807) is 30.3 Å². The Hall–Kier alpha value is -3.66. The Kier molecular flexibility index (Phi) is 5.95. The van der Waals surface area contributed by atoms with Crippen LogP contribution in [0.5, 0.6) is 17.2 Å². The third-order valence-corrected chi connectivity index (χ3v) is 5.20. The number of benzene rings is 2. The second kappa shape index (κ2) is 8.83. The quantitative estimate of drug-likeness (QED) is 0.397. The average Bonchev–Trinajstić information content (AvgIpc) is 3.07. The van der Waals surface area contributed by atoms with Crippen molar-refractivity contribution in [1.82, 2.24) is 19.9 Å². The number of anilines is 2. The van der Waals surface area contributed by atoms with E-state index in [2.05, 4.69) is 36.5 Å². The number of methoxy groups -OCH3 is 1. The zero-order chi connectivity index (χ0) is 22.8. The summed E-state index contributed by atoms with van der Waals surface area (Å²) in [7, 11) is 4.79. The first-order valence-corrected chi connectivity index (χ1v) is 10.3. The molecule has 0 aliphatic carbocycles. The van der Waals surface area contributed by atoms with E-state index in [1.165, 1.54) is 26.4 Å². The molecule has 2 heterocycles. The van der Waals surface area contributed by atoms with Gasteiger partial charge >= 0.3 is 0 Å². The molecule has 1 amide bonds. The molecule has 0 saturated carbocycles. The summed E-state index contributed by atoms with van der Waals surface area (Å²) in [6.45, 7) is 0. The minimum absolute atomic E-state index is 0.0916.